The predicted molar refractivity (Wildman–Crippen MR) is 56.2 cm³/mol. The maximum Gasteiger partial charge on any atom is 0.445 e. The van der Waals surface area contributed by atoms with Crippen LogP contribution in [0.4, 0.5) is 0 Å². The second-order valence-electron chi connectivity index (χ2n) is 2.74. The van der Waals surface area contributed by atoms with Crippen LogP contribution in [0.25, 0.3) is 0 Å². The van der Waals surface area contributed by atoms with Gasteiger partial charge in [0, 0.05) is 0 Å². The van der Waals surface area contributed by atoms with Crippen LogP contribution in [0.3, 0.4) is 0 Å². The molecule has 0 bridgehead atoms. The Morgan fingerprint density at radius 3 is 2.00 bits per heavy atom. The molecular formula is C9H12O5P+. The van der Waals surface area contributed by atoms with E-state index in [9.17, 15) is 9.69 Å². The van der Waals surface area contributed by atoms with Crippen molar-refractivity contribution < 1.29 is 23.8 Å². The lowest BCUT2D eigenvalue weighted by molar-refractivity contribution is 0.0697. The second-order valence-corrected chi connectivity index (χ2v) is 5.03. The van der Waals surface area contributed by atoms with E-state index in [1.165, 1.54) is 38.5 Å². The molecule has 15 heavy (non-hydrogen) atoms. The molecule has 6 heteroatoms. The van der Waals surface area contributed by atoms with Crippen LogP contribution in [0.1, 0.15) is 10.4 Å². The third kappa shape index (κ3) is 2.52. The van der Waals surface area contributed by atoms with Crippen LogP contribution in [-0.4, -0.2) is 30.2 Å². The smallest absolute Gasteiger partial charge is 0.445 e. The zero-order valence-electron chi connectivity index (χ0n) is 8.38. The molecule has 0 aliphatic rings. The zero-order chi connectivity index (χ0) is 11.5. The first-order valence-corrected chi connectivity index (χ1v) is 5.68. The van der Waals surface area contributed by atoms with Crippen molar-refractivity contribution in [2.24, 2.45) is 0 Å². The summed E-state index contributed by atoms with van der Waals surface area (Å²) in [5.74, 6) is -1.02. The fraction of sp³-hybridized carbons (Fsp3) is 0.222. The van der Waals surface area contributed by atoms with Gasteiger partial charge in [-0.25, -0.2) is 4.79 Å². The molecule has 0 heterocycles. The topological polar surface area (TPSA) is 76.0 Å². The quantitative estimate of drug-likeness (QED) is 0.757. The molecule has 0 aliphatic carbocycles. The average molecular weight is 231 g/mol. The third-order valence-electron chi connectivity index (χ3n) is 1.94. The predicted octanol–water partition coefficient (Wildman–Crippen LogP) is 1.06. The molecule has 0 aromatic heterocycles. The largest absolute Gasteiger partial charge is 0.478 e. The Hall–Kier alpha value is -1.00. The fourth-order valence-electron chi connectivity index (χ4n) is 1.08. The highest BCUT2D eigenvalue weighted by Gasteiger charge is 2.41. The maximum absolute atomic E-state index is 10.6. The van der Waals surface area contributed by atoms with Gasteiger partial charge < -0.3 is 5.11 Å². The highest BCUT2D eigenvalue weighted by Crippen LogP contribution is 2.53. The van der Waals surface area contributed by atoms with Crippen molar-refractivity contribution in [3.05, 3.63) is 29.8 Å². The van der Waals surface area contributed by atoms with E-state index in [1.807, 2.05) is 0 Å². The molecule has 0 fully saturated rings. The number of rotatable bonds is 4. The summed E-state index contributed by atoms with van der Waals surface area (Å²) in [5.41, 5.74) is 0.150. The summed E-state index contributed by atoms with van der Waals surface area (Å²) in [6.07, 6.45) is 0. The van der Waals surface area contributed by atoms with Gasteiger partial charge in [-0.2, -0.15) is 13.9 Å². The Morgan fingerprint density at radius 1 is 1.20 bits per heavy atom. The summed E-state index contributed by atoms with van der Waals surface area (Å²) in [4.78, 5) is 20.4. The summed E-state index contributed by atoms with van der Waals surface area (Å²) >= 11 is 0. The number of hydrogen-bond acceptors (Lipinski definition) is 4. The van der Waals surface area contributed by atoms with Crippen molar-refractivity contribution in [3.63, 3.8) is 0 Å². The van der Waals surface area contributed by atoms with Crippen molar-refractivity contribution in [1.82, 2.24) is 0 Å². The summed E-state index contributed by atoms with van der Waals surface area (Å²) in [6.45, 7) is 0. The van der Waals surface area contributed by atoms with E-state index < -0.39 is 13.9 Å². The van der Waals surface area contributed by atoms with Gasteiger partial charge in [-0.3, -0.25) is 0 Å². The second kappa shape index (κ2) is 4.68. The molecule has 0 saturated carbocycles. The molecule has 0 unspecified atom stereocenters. The van der Waals surface area contributed by atoms with Gasteiger partial charge in [0.2, 0.25) is 0 Å². The molecule has 5 nitrogen and oxygen atoms in total. The summed E-state index contributed by atoms with van der Waals surface area (Å²) in [5, 5.41) is 9.12. The third-order valence-corrected chi connectivity index (χ3v) is 3.88. The van der Waals surface area contributed by atoms with Crippen molar-refractivity contribution in [2.75, 3.05) is 14.2 Å². The summed E-state index contributed by atoms with van der Waals surface area (Å²) in [6, 6.07) is 5.73. The van der Waals surface area contributed by atoms with Gasteiger partial charge in [0.25, 0.3) is 0 Å². The monoisotopic (exact) mass is 231 g/mol. The molecule has 82 valence electrons. The van der Waals surface area contributed by atoms with Gasteiger partial charge in [0.15, 0.2) is 5.30 Å². The number of hydrogen-bond donors (Lipinski definition) is 2. The highest BCUT2D eigenvalue weighted by atomic mass is 31.2. The van der Waals surface area contributed by atoms with Crippen molar-refractivity contribution in [1.29, 1.82) is 0 Å². The SMILES string of the molecule is CO[P+](O)(OC)c1ccc(C(=O)O)cc1. The lowest BCUT2D eigenvalue weighted by atomic mass is 10.2. The van der Waals surface area contributed by atoms with E-state index in [4.69, 9.17) is 14.2 Å². The lowest BCUT2D eigenvalue weighted by Crippen LogP contribution is -2.14. The van der Waals surface area contributed by atoms with Crippen LogP contribution in [-0.2, 0) is 9.05 Å². The fourth-order valence-corrected chi connectivity index (χ4v) is 2.17. The molecule has 0 radical (unpaired) electrons. The van der Waals surface area contributed by atoms with E-state index in [0.717, 1.165) is 0 Å². The standard InChI is InChI=1S/C9H11O5P/c1-13-15(12,14-2)8-5-3-7(4-6-8)9(10)11/h3-6,12H,1-2H3/p+1. The minimum atomic E-state index is -3.03. The minimum Gasteiger partial charge on any atom is -0.478 e. The van der Waals surface area contributed by atoms with Gasteiger partial charge in [-0.05, 0) is 24.3 Å². The zero-order valence-corrected chi connectivity index (χ0v) is 9.27. The lowest BCUT2D eigenvalue weighted by Gasteiger charge is -2.11. The Kier molecular flexibility index (Phi) is 3.77. The van der Waals surface area contributed by atoms with E-state index in [-0.39, 0.29) is 5.56 Å². The van der Waals surface area contributed by atoms with E-state index >= 15 is 0 Å². The molecule has 0 aliphatic heterocycles. The number of carboxylic acid groups (broad SMARTS) is 1. The van der Waals surface area contributed by atoms with Crippen LogP contribution in [0.2, 0.25) is 0 Å². The number of aromatic carboxylic acids is 1. The number of benzene rings is 1. The van der Waals surface area contributed by atoms with Crippen LogP contribution < -0.4 is 5.30 Å². The van der Waals surface area contributed by atoms with Gasteiger partial charge in [-0.1, -0.05) is 0 Å². The van der Waals surface area contributed by atoms with Gasteiger partial charge in [0.1, 0.15) is 0 Å². The van der Waals surface area contributed by atoms with Crippen LogP contribution in [0.15, 0.2) is 24.3 Å². The normalized spacial score (nSPS) is 11.4. The molecule has 2 N–H and O–H groups in total. The van der Waals surface area contributed by atoms with E-state index in [1.54, 1.807) is 0 Å². The highest BCUT2D eigenvalue weighted by molar-refractivity contribution is 7.68. The van der Waals surface area contributed by atoms with Gasteiger partial charge >= 0.3 is 13.9 Å². The van der Waals surface area contributed by atoms with Crippen molar-refractivity contribution in [3.8, 4) is 0 Å². The summed E-state index contributed by atoms with van der Waals surface area (Å²) < 4.78 is 9.74. The first-order chi connectivity index (χ1) is 7.03. The molecule has 0 amide bonds. The first kappa shape index (κ1) is 12.1. The molecule has 0 saturated heterocycles. The molecule has 0 spiro atoms. The number of carbonyl (C=O) groups is 1. The van der Waals surface area contributed by atoms with Crippen LogP contribution in [0.5, 0.6) is 0 Å². The average Bonchev–Trinajstić information content (AvgIpc) is 2.28. The number of carboxylic acids is 1. The summed E-state index contributed by atoms with van der Waals surface area (Å²) in [7, 11) is -0.355. The van der Waals surface area contributed by atoms with Crippen molar-refractivity contribution >= 4 is 19.2 Å². The van der Waals surface area contributed by atoms with Crippen LogP contribution in [0, 0.1) is 0 Å². The Balaban J connectivity index is 3.02. The maximum atomic E-state index is 10.6. The molecule has 1 aromatic rings. The minimum absolute atomic E-state index is 0.150. The van der Waals surface area contributed by atoms with E-state index in [2.05, 4.69) is 0 Å². The molecule has 1 rings (SSSR count). The van der Waals surface area contributed by atoms with Crippen LogP contribution >= 0.6 is 7.94 Å². The van der Waals surface area contributed by atoms with Gasteiger partial charge in [0.05, 0.1) is 19.8 Å². The Bertz CT molecular complexity index is 344. The molecular weight excluding hydrogens is 219 g/mol. The van der Waals surface area contributed by atoms with E-state index in [0.29, 0.717) is 5.30 Å². The Morgan fingerprint density at radius 2 is 1.67 bits per heavy atom. The molecule has 0 atom stereocenters. The molecule has 1 aromatic carbocycles. The van der Waals surface area contributed by atoms with Gasteiger partial charge in [-0.15, -0.1) is 0 Å². The first-order valence-electron chi connectivity index (χ1n) is 4.10. The Labute approximate surface area is 87.8 Å². The van der Waals surface area contributed by atoms with Crippen molar-refractivity contribution in [2.45, 2.75) is 0 Å².